The van der Waals surface area contributed by atoms with Crippen LogP contribution in [0.15, 0.2) is 30.5 Å². The van der Waals surface area contributed by atoms with Crippen LogP contribution in [0.25, 0.3) is 10.9 Å². The van der Waals surface area contributed by atoms with E-state index in [9.17, 15) is 4.79 Å². The van der Waals surface area contributed by atoms with E-state index >= 15 is 0 Å². The molecule has 1 saturated heterocycles. The van der Waals surface area contributed by atoms with Gasteiger partial charge >= 0.3 is 0 Å². The highest BCUT2D eigenvalue weighted by Crippen LogP contribution is 2.40. The number of para-hydroxylation sites is 1. The van der Waals surface area contributed by atoms with Crippen LogP contribution in [0.4, 0.5) is 0 Å². The Balaban J connectivity index is 2.00. The molecule has 1 aliphatic heterocycles. The van der Waals surface area contributed by atoms with Gasteiger partial charge < -0.3 is 9.88 Å². The van der Waals surface area contributed by atoms with Crippen molar-refractivity contribution in [3.05, 3.63) is 36.0 Å². The quantitative estimate of drug-likeness (QED) is 0.813. The van der Waals surface area contributed by atoms with Gasteiger partial charge in [-0.3, -0.25) is 4.79 Å². The van der Waals surface area contributed by atoms with E-state index < -0.39 is 0 Å². The lowest BCUT2D eigenvalue weighted by Gasteiger charge is -2.28. The lowest BCUT2D eigenvalue weighted by molar-refractivity contribution is -0.126. The second-order valence-corrected chi connectivity index (χ2v) is 6.16. The molecule has 1 fully saturated rings. The van der Waals surface area contributed by atoms with Crippen LogP contribution in [0.5, 0.6) is 0 Å². The van der Waals surface area contributed by atoms with E-state index in [1.807, 2.05) is 24.4 Å². The molecule has 1 amide bonds. The van der Waals surface area contributed by atoms with Crippen LogP contribution < -0.4 is 0 Å². The van der Waals surface area contributed by atoms with Crippen molar-refractivity contribution in [3.8, 4) is 0 Å². The maximum absolute atomic E-state index is 11.9. The summed E-state index contributed by atoms with van der Waals surface area (Å²) in [4.78, 5) is 16.7. The number of aromatic amines is 1. The molecule has 0 radical (unpaired) electrons. The Morgan fingerprint density at radius 2 is 2.22 bits per heavy atom. The van der Waals surface area contributed by atoms with Gasteiger partial charge in [-0.1, -0.05) is 42.2 Å². The summed E-state index contributed by atoms with van der Waals surface area (Å²) in [6.07, 6.45) is 2.49. The topological polar surface area (TPSA) is 36.1 Å². The Bertz CT molecular complexity index is 617. The Hall–Kier alpha value is -1.33. The number of carbonyl (C=O) groups is 1. The molecule has 1 atom stereocenters. The van der Waals surface area contributed by atoms with Gasteiger partial charge in [0.25, 0.3) is 0 Å². The molecule has 1 N–H and O–H groups in total. The van der Waals surface area contributed by atoms with Crippen molar-refractivity contribution in [2.24, 2.45) is 0 Å². The molecule has 0 spiro atoms. The average Bonchev–Trinajstić information content (AvgIpc) is 2.79. The standard InChI is InChI=1S/C13H12N2OS2/c1-15-12(16)6-11(18-13(15)17)9-7-14-10-5-3-2-4-8(9)10/h2-5,7,11,14H,6H2,1H3. The molecular weight excluding hydrogens is 264 g/mol. The van der Waals surface area contributed by atoms with Crippen molar-refractivity contribution < 1.29 is 4.79 Å². The van der Waals surface area contributed by atoms with Crippen molar-refractivity contribution in [2.45, 2.75) is 11.7 Å². The summed E-state index contributed by atoms with van der Waals surface area (Å²) in [7, 11) is 1.74. The lowest BCUT2D eigenvalue weighted by atomic mass is 10.1. The van der Waals surface area contributed by atoms with Gasteiger partial charge in [0.1, 0.15) is 4.32 Å². The Labute approximate surface area is 115 Å². The summed E-state index contributed by atoms with van der Waals surface area (Å²) in [6, 6.07) is 8.13. The first kappa shape index (κ1) is 11.7. The zero-order valence-electron chi connectivity index (χ0n) is 9.84. The average molecular weight is 276 g/mol. The minimum atomic E-state index is 0.0917. The maximum Gasteiger partial charge on any atom is 0.229 e. The fraction of sp³-hybridized carbons (Fsp3) is 0.231. The third kappa shape index (κ3) is 1.83. The molecule has 2 aromatic rings. The van der Waals surface area contributed by atoms with E-state index in [1.165, 1.54) is 10.9 Å². The highest BCUT2D eigenvalue weighted by atomic mass is 32.2. The van der Waals surface area contributed by atoms with Crippen molar-refractivity contribution in [1.82, 2.24) is 9.88 Å². The third-order valence-electron chi connectivity index (χ3n) is 3.22. The fourth-order valence-corrected chi connectivity index (χ4v) is 3.68. The third-order valence-corrected chi connectivity index (χ3v) is 4.96. The number of fused-ring (bicyclic) bond motifs is 1. The fourth-order valence-electron chi connectivity index (χ4n) is 2.17. The van der Waals surface area contributed by atoms with Crippen LogP contribution in [0.3, 0.4) is 0 Å². The van der Waals surface area contributed by atoms with E-state index in [2.05, 4.69) is 11.1 Å². The first-order valence-corrected chi connectivity index (χ1v) is 6.99. The minimum absolute atomic E-state index is 0.0917. The molecule has 1 aromatic heterocycles. The van der Waals surface area contributed by atoms with E-state index in [4.69, 9.17) is 12.2 Å². The van der Waals surface area contributed by atoms with Gasteiger partial charge in [0.2, 0.25) is 5.91 Å². The normalized spacial score (nSPS) is 20.7. The predicted molar refractivity (Wildman–Crippen MR) is 78.6 cm³/mol. The molecular formula is C13H12N2OS2. The largest absolute Gasteiger partial charge is 0.361 e. The van der Waals surface area contributed by atoms with Gasteiger partial charge in [0, 0.05) is 35.8 Å². The molecule has 1 aliphatic rings. The van der Waals surface area contributed by atoms with Gasteiger partial charge in [-0.25, -0.2) is 0 Å². The minimum Gasteiger partial charge on any atom is -0.361 e. The Morgan fingerprint density at radius 1 is 1.44 bits per heavy atom. The summed E-state index contributed by atoms with van der Waals surface area (Å²) in [5.74, 6) is 0.0917. The maximum atomic E-state index is 11.9. The highest BCUT2D eigenvalue weighted by molar-refractivity contribution is 8.23. The Kier molecular flexibility index (Phi) is 2.87. The van der Waals surface area contributed by atoms with E-state index in [1.54, 1.807) is 23.7 Å². The van der Waals surface area contributed by atoms with Crippen molar-refractivity contribution >= 4 is 45.1 Å². The number of benzene rings is 1. The highest BCUT2D eigenvalue weighted by Gasteiger charge is 2.30. The molecule has 3 rings (SSSR count). The number of aromatic nitrogens is 1. The molecule has 3 nitrogen and oxygen atoms in total. The lowest BCUT2D eigenvalue weighted by Crippen LogP contribution is -2.35. The zero-order valence-corrected chi connectivity index (χ0v) is 11.5. The van der Waals surface area contributed by atoms with Crippen molar-refractivity contribution in [3.63, 3.8) is 0 Å². The molecule has 0 bridgehead atoms. The molecule has 1 unspecified atom stereocenters. The molecule has 18 heavy (non-hydrogen) atoms. The van der Waals surface area contributed by atoms with E-state index in [-0.39, 0.29) is 11.2 Å². The number of amides is 1. The number of nitrogens with zero attached hydrogens (tertiary/aromatic N) is 1. The van der Waals surface area contributed by atoms with Gasteiger partial charge in [0.15, 0.2) is 0 Å². The summed E-state index contributed by atoms with van der Waals surface area (Å²) in [5.41, 5.74) is 2.27. The number of thiocarbonyl (C=S) groups is 1. The number of carbonyl (C=O) groups excluding carboxylic acids is 1. The van der Waals surface area contributed by atoms with E-state index in [0.717, 1.165) is 5.52 Å². The van der Waals surface area contributed by atoms with Crippen LogP contribution in [0.2, 0.25) is 0 Å². The van der Waals surface area contributed by atoms with Gasteiger partial charge in [0.05, 0.1) is 0 Å². The van der Waals surface area contributed by atoms with Crippen molar-refractivity contribution in [2.75, 3.05) is 7.05 Å². The summed E-state index contributed by atoms with van der Waals surface area (Å²) < 4.78 is 0.654. The van der Waals surface area contributed by atoms with Gasteiger partial charge in [-0.2, -0.15) is 0 Å². The molecule has 1 aromatic carbocycles. The number of hydrogen-bond acceptors (Lipinski definition) is 3. The van der Waals surface area contributed by atoms with Crippen molar-refractivity contribution in [1.29, 1.82) is 0 Å². The van der Waals surface area contributed by atoms with Crippen LogP contribution in [-0.4, -0.2) is 27.2 Å². The second-order valence-electron chi connectivity index (χ2n) is 4.32. The predicted octanol–water partition coefficient (Wildman–Crippen LogP) is 3.09. The first-order chi connectivity index (χ1) is 8.66. The number of rotatable bonds is 1. The molecule has 2 heterocycles. The zero-order chi connectivity index (χ0) is 12.7. The van der Waals surface area contributed by atoms with Crippen LogP contribution in [0.1, 0.15) is 17.2 Å². The summed E-state index contributed by atoms with van der Waals surface area (Å²) >= 11 is 6.82. The molecule has 0 aliphatic carbocycles. The molecule has 0 saturated carbocycles. The number of H-pyrrole nitrogens is 1. The van der Waals surface area contributed by atoms with E-state index in [0.29, 0.717) is 10.7 Å². The Morgan fingerprint density at radius 3 is 3.00 bits per heavy atom. The second kappa shape index (κ2) is 4.40. The summed E-state index contributed by atoms with van der Waals surface area (Å²) in [5, 5.41) is 1.30. The van der Waals surface area contributed by atoms with Crippen LogP contribution in [-0.2, 0) is 4.79 Å². The van der Waals surface area contributed by atoms with Crippen LogP contribution >= 0.6 is 24.0 Å². The smallest absolute Gasteiger partial charge is 0.229 e. The summed E-state index contributed by atoms with van der Waals surface area (Å²) in [6.45, 7) is 0. The monoisotopic (exact) mass is 276 g/mol. The van der Waals surface area contributed by atoms with Gasteiger partial charge in [-0.15, -0.1) is 0 Å². The number of nitrogens with one attached hydrogen (secondary N) is 1. The van der Waals surface area contributed by atoms with Crippen LogP contribution in [0, 0.1) is 0 Å². The first-order valence-electron chi connectivity index (χ1n) is 5.70. The molecule has 92 valence electrons. The SMILES string of the molecule is CN1C(=O)CC(c2c[nH]c3ccccc23)SC1=S. The van der Waals surface area contributed by atoms with Gasteiger partial charge in [-0.05, 0) is 11.6 Å². The number of hydrogen-bond donors (Lipinski definition) is 1. The molecule has 5 heteroatoms. The number of thioether (sulfide) groups is 1.